The number of nitrogens with one attached hydrogen (secondary N) is 1. The third-order valence-electron chi connectivity index (χ3n) is 4.28. The van der Waals surface area contributed by atoms with Crippen molar-refractivity contribution in [3.05, 3.63) is 34.3 Å². The lowest BCUT2D eigenvalue weighted by Crippen LogP contribution is -2.56. The van der Waals surface area contributed by atoms with E-state index in [1.165, 1.54) is 11.1 Å². The summed E-state index contributed by atoms with van der Waals surface area (Å²) in [6.45, 7) is 9.87. The molecule has 1 rings (SSSR count). The number of nitrogens with zero attached hydrogens (tertiary/aromatic N) is 1. The van der Waals surface area contributed by atoms with E-state index in [-0.39, 0.29) is 5.54 Å². The van der Waals surface area contributed by atoms with Gasteiger partial charge in [0.05, 0.1) is 0 Å². The maximum absolute atomic E-state index is 6.40. The minimum absolute atomic E-state index is 0.0728. The number of aryl methyl sites for hydroxylation is 1. The van der Waals surface area contributed by atoms with Gasteiger partial charge in [0.1, 0.15) is 0 Å². The number of hydrogen-bond donors (Lipinski definition) is 1. The molecule has 114 valence electrons. The SMILES string of the molecule is CCCNC(Cc1ccc(C)cc1Cl)C(C)(C)N(C)C. The molecule has 1 atom stereocenters. The molecule has 3 heteroatoms. The van der Waals surface area contributed by atoms with Crippen LogP contribution in [0.3, 0.4) is 0 Å². The fourth-order valence-corrected chi connectivity index (χ4v) is 2.55. The molecule has 0 bridgehead atoms. The Bertz CT molecular complexity index is 427. The van der Waals surface area contributed by atoms with Gasteiger partial charge in [-0.15, -0.1) is 0 Å². The average Bonchev–Trinajstić information content (AvgIpc) is 2.36. The third-order valence-corrected chi connectivity index (χ3v) is 4.63. The molecule has 1 aromatic rings. The van der Waals surface area contributed by atoms with Crippen LogP contribution in [0.15, 0.2) is 18.2 Å². The first kappa shape index (κ1) is 17.5. The molecule has 0 spiro atoms. The summed E-state index contributed by atoms with van der Waals surface area (Å²) in [6, 6.07) is 6.72. The molecule has 0 heterocycles. The van der Waals surface area contributed by atoms with Gasteiger partial charge in [0.15, 0.2) is 0 Å². The normalized spacial score (nSPS) is 13.8. The molecule has 20 heavy (non-hydrogen) atoms. The van der Waals surface area contributed by atoms with E-state index in [0.29, 0.717) is 6.04 Å². The molecular formula is C17H29ClN2. The van der Waals surface area contributed by atoms with Gasteiger partial charge in [0.2, 0.25) is 0 Å². The van der Waals surface area contributed by atoms with Crippen LogP contribution in [0.2, 0.25) is 5.02 Å². The van der Waals surface area contributed by atoms with Gasteiger partial charge < -0.3 is 10.2 Å². The zero-order valence-corrected chi connectivity index (χ0v) is 14.5. The molecule has 1 unspecified atom stereocenters. The molecule has 0 aromatic heterocycles. The van der Waals surface area contributed by atoms with Crippen molar-refractivity contribution in [2.45, 2.75) is 52.1 Å². The predicted molar refractivity (Wildman–Crippen MR) is 89.7 cm³/mol. The van der Waals surface area contributed by atoms with Crippen molar-refractivity contribution in [2.24, 2.45) is 0 Å². The molecule has 2 nitrogen and oxygen atoms in total. The van der Waals surface area contributed by atoms with E-state index in [0.717, 1.165) is 24.4 Å². The Kier molecular flexibility index (Phi) is 6.50. The summed E-state index contributed by atoms with van der Waals surface area (Å²) in [6.07, 6.45) is 2.09. The maximum atomic E-state index is 6.40. The van der Waals surface area contributed by atoms with Crippen molar-refractivity contribution in [1.82, 2.24) is 10.2 Å². The van der Waals surface area contributed by atoms with Gasteiger partial charge in [0.25, 0.3) is 0 Å². The highest BCUT2D eigenvalue weighted by Crippen LogP contribution is 2.24. The summed E-state index contributed by atoms with van der Waals surface area (Å²) in [7, 11) is 4.27. The smallest absolute Gasteiger partial charge is 0.0441 e. The second kappa shape index (κ2) is 7.44. The molecule has 0 radical (unpaired) electrons. The number of likely N-dealkylation sites (N-methyl/N-ethyl adjacent to an activating group) is 1. The van der Waals surface area contributed by atoms with Crippen molar-refractivity contribution in [3.63, 3.8) is 0 Å². The molecule has 0 aliphatic carbocycles. The van der Waals surface area contributed by atoms with Crippen LogP contribution in [-0.2, 0) is 6.42 Å². The minimum Gasteiger partial charge on any atom is -0.312 e. The maximum Gasteiger partial charge on any atom is 0.0441 e. The van der Waals surface area contributed by atoms with Gasteiger partial charge in [0, 0.05) is 16.6 Å². The Hall–Kier alpha value is -0.570. The van der Waals surface area contributed by atoms with Gasteiger partial charge in [-0.2, -0.15) is 0 Å². The standard InChI is InChI=1S/C17H29ClN2/c1-7-10-19-16(17(3,4)20(5)6)12-14-9-8-13(2)11-15(14)18/h8-9,11,16,19H,7,10,12H2,1-6H3. The third kappa shape index (κ3) is 4.47. The van der Waals surface area contributed by atoms with Crippen LogP contribution in [0.4, 0.5) is 0 Å². The summed E-state index contributed by atoms with van der Waals surface area (Å²) in [4.78, 5) is 2.28. The summed E-state index contributed by atoms with van der Waals surface area (Å²) in [5.74, 6) is 0. The van der Waals surface area contributed by atoms with E-state index < -0.39 is 0 Å². The Labute approximate surface area is 129 Å². The molecule has 0 saturated carbocycles. The lowest BCUT2D eigenvalue weighted by Gasteiger charge is -2.41. The van der Waals surface area contributed by atoms with E-state index in [2.05, 4.69) is 70.2 Å². The summed E-state index contributed by atoms with van der Waals surface area (Å²) >= 11 is 6.40. The lowest BCUT2D eigenvalue weighted by molar-refractivity contribution is 0.137. The second-order valence-electron chi connectivity index (χ2n) is 6.35. The van der Waals surface area contributed by atoms with Crippen molar-refractivity contribution < 1.29 is 0 Å². The molecule has 0 amide bonds. The van der Waals surface area contributed by atoms with Gasteiger partial charge in [-0.3, -0.25) is 0 Å². The zero-order valence-electron chi connectivity index (χ0n) is 13.8. The molecule has 0 aliphatic rings. The summed E-state index contributed by atoms with van der Waals surface area (Å²) < 4.78 is 0. The molecule has 0 aliphatic heterocycles. The highest BCUT2D eigenvalue weighted by Gasteiger charge is 2.31. The molecule has 1 N–H and O–H groups in total. The largest absolute Gasteiger partial charge is 0.312 e. The Balaban J connectivity index is 2.94. The van der Waals surface area contributed by atoms with E-state index in [9.17, 15) is 0 Å². The van der Waals surface area contributed by atoms with Crippen LogP contribution >= 0.6 is 11.6 Å². The van der Waals surface area contributed by atoms with Gasteiger partial charge >= 0.3 is 0 Å². The van der Waals surface area contributed by atoms with Crippen LogP contribution in [-0.4, -0.2) is 37.1 Å². The first-order valence-corrected chi connectivity index (χ1v) is 7.82. The topological polar surface area (TPSA) is 15.3 Å². The summed E-state index contributed by atoms with van der Waals surface area (Å²) in [5.41, 5.74) is 2.51. The minimum atomic E-state index is 0.0728. The van der Waals surface area contributed by atoms with E-state index in [1.807, 2.05) is 0 Å². The molecule has 0 saturated heterocycles. The quantitative estimate of drug-likeness (QED) is 0.821. The van der Waals surface area contributed by atoms with Crippen LogP contribution in [0.25, 0.3) is 0 Å². The van der Waals surface area contributed by atoms with Crippen molar-refractivity contribution in [1.29, 1.82) is 0 Å². The van der Waals surface area contributed by atoms with Crippen LogP contribution in [0.1, 0.15) is 38.3 Å². The first-order chi connectivity index (χ1) is 9.28. The van der Waals surface area contributed by atoms with Gasteiger partial charge in [-0.25, -0.2) is 0 Å². The second-order valence-corrected chi connectivity index (χ2v) is 6.76. The van der Waals surface area contributed by atoms with Crippen LogP contribution in [0, 0.1) is 6.92 Å². The lowest BCUT2D eigenvalue weighted by atomic mass is 9.87. The number of halogens is 1. The van der Waals surface area contributed by atoms with E-state index in [4.69, 9.17) is 11.6 Å². The monoisotopic (exact) mass is 296 g/mol. The van der Waals surface area contributed by atoms with Gasteiger partial charge in [-0.1, -0.05) is 30.7 Å². The highest BCUT2D eigenvalue weighted by molar-refractivity contribution is 6.31. The molecule has 0 fully saturated rings. The number of benzene rings is 1. The van der Waals surface area contributed by atoms with Gasteiger partial charge in [-0.05, 0) is 71.4 Å². The molecule has 1 aromatic carbocycles. The van der Waals surface area contributed by atoms with Crippen molar-refractivity contribution in [3.8, 4) is 0 Å². The fourth-order valence-electron chi connectivity index (χ4n) is 2.24. The van der Waals surface area contributed by atoms with Crippen molar-refractivity contribution >= 4 is 11.6 Å². The Morgan fingerprint density at radius 3 is 2.45 bits per heavy atom. The van der Waals surface area contributed by atoms with Crippen LogP contribution < -0.4 is 5.32 Å². The number of hydrogen-bond acceptors (Lipinski definition) is 2. The molecular weight excluding hydrogens is 268 g/mol. The van der Waals surface area contributed by atoms with Crippen LogP contribution in [0.5, 0.6) is 0 Å². The average molecular weight is 297 g/mol. The Morgan fingerprint density at radius 2 is 1.95 bits per heavy atom. The number of rotatable bonds is 7. The highest BCUT2D eigenvalue weighted by atomic mass is 35.5. The Morgan fingerprint density at radius 1 is 1.30 bits per heavy atom. The predicted octanol–water partition coefficient (Wildman–Crippen LogP) is 3.90. The fraction of sp³-hybridized carbons (Fsp3) is 0.647. The van der Waals surface area contributed by atoms with E-state index >= 15 is 0 Å². The summed E-state index contributed by atoms with van der Waals surface area (Å²) in [5, 5.41) is 4.56. The first-order valence-electron chi connectivity index (χ1n) is 7.44. The van der Waals surface area contributed by atoms with Crippen molar-refractivity contribution in [2.75, 3.05) is 20.6 Å². The van der Waals surface area contributed by atoms with E-state index in [1.54, 1.807) is 0 Å². The zero-order chi connectivity index (χ0) is 15.3.